The summed E-state index contributed by atoms with van der Waals surface area (Å²) in [6.07, 6.45) is 19.9. The van der Waals surface area contributed by atoms with Crippen molar-refractivity contribution in [3.63, 3.8) is 0 Å². The van der Waals surface area contributed by atoms with Gasteiger partial charge in [0.15, 0.2) is 0 Å². The number of allylic oxidation sites excluding steroid dienone is 1. The number of unbranched alkanes of at least 4 members (excludes halogenated alkanes) is 7. The Morgan fingerprint density at radius 1 is 0.941 bits per heavy atom. The average molecular weight is 238 g/mol. The summed E-state index contributed by atoms with van der Waals surface area (Å²) in [5.41, 5.74) is 0. The van der Waals surface area contributed by atoms with E-state index in [1.807, 2.05) is 0 Å². The zero-order chi connectivity index (χ0) is 12.2. The highest BCUT2D eigenvalue weighted by molar-refractivity contribution is 4.85. The van der Waals surface area contributed by atoms with Crippen molar-refractivity contribution < 1.29 is 4.74 Å². The molecule has 0 bridgehead atoms. The molecule has 1 unspecified atom stereocenters. The van der Waals surface area contributed by atoms with Crippen molar-refractivity contribution in [1.82, 2.24) is 0 Å². The molecule has 0 radical (unpaired) electrons. The minimum Gasteiger partial charge on any atom is -0.374 e. The van der Waals surface area contributed by atoms with Crippen LogP contribution in [0.1, 0.15) is 77.6 Å². The summed E-state index contributed by atoms with van der Waals surface area (Å²) in [5.74, 6) is 0. The molecule has 0 fully saturated rings. The second kappa shape index (κ2) is 10.8. The molecule has 1 aliphatic heterocycles. The zero-order valence-corrected chi connectivity index (χ0v) is 11.6. The maximum Gasteiger partial charge on any atom is 0.0651 e. The Kier molecular flexibility index (Phi) is 9.40. The largest absolute Gasteiger partial charge is 0.374 e. The lowest BCUT2D eigenvalue weighted by atomic mass is 10.0. The molecule has 0 aliphatic carbocycles. The standard InChI is InChI=1S/C16H30O/c1-2-3-4-5-6-7-8-10-13-16-14-11-9-12-15-17-16/h9,12,16H,2-8,10-11,13-15H2,1H3. The zero-order valence-electron chi connectivity index (χ0n) is 11.6. The van der Waals surface area contributed by atoms with Gasteiger partial charge in [-0.25, -0.2) is 0 Å². The van der Waals surface area contributed by atoms with Crippen molar-refractivity contribution in [2.24, 2.45) is 0 Å². The first-order valence-electron chi connectivity index (χ1n) is 7.70. The fourth-order valence-corrected chi connectivity index (χ4v) is 2.48. The molecule has 0 aromatic heterocycles. The number of hydrogen-bond acceptors (Lipinski definition) is 1. The summed E-state index contributed by atoms with van der Waals surface area (Å²) in [6, 6.07) is 0. The van der Waals surface area contributed by atoms with Crippen LogP contribution in [0.5, 0.6) is 0 Å². The average Bonchev–Trinajstić information content (AvgIpc) is 2.61. The molecule has 1 heteroatoms. The highest BCUT2D eigenvalue weighted by atomic mass is 16.5. The van der Waals surface area contributed by atoms with Crippen LogP contribution in [0.2, 0.25) is 0 Å². The molecule has 1 heterocycles. The summed E-state index contributed by atoms with van der Waals surface area (Å²) in [5, 5.41) is 0. The molecule has 1 nitrogen and oxygen atoms in total. The topological polar surface area (TPSA) is 9.23 Å². The van der Waals surface area contributed by atoms with Gasteiger partial charge >= 0.3 is 0 Å². The quantitative estimate of drug-likeness (QED) is 0.393. The van der Waals surface area contributed by atoms with Crippen LogP contribution in [0.3, 0.4) is 0 Å². The van der Waals surface area contributed by atoms with E-state index in [0.717, 1.165) is 6.61 Å². The first-order valence-corrected chi connectivity index (χ1v) is 7.70. The van der Waals surface area contributed by atoms with Gasteiger partial charge in [-0.15, -0.1) is 0 Å². The lowest BCUT2D eigenvalue weighted by Crippen LogP contribution is -2.11. The molecule has 17 heavy (non-hydrogen) atoms. The second-order valence-electron chi connectivity index (χ2n) is 5.27. The van der Waals surface area contributed by atoms with Gasteiger partial charge in [-0.2, -0.15) is 0 Å². The van der Waals surface area contributed by atoms with E-state index in [-0.39, 0.29) is 0 Å². The van der Waals surface area contributed by atoms with Gasteiger partial charge in [-0.1, -0.05) is 70.4 Å². The highest BCUT2D eigenvalue weighted by Crippen LogP contribution is 2.16. The van der Waals surface area contributed by atoms with Gasteiger partial charge in [-0.05, 0) is 19.3 Å². The van der Waals surface area contributed by atoms with Gasteiger partial charge in [0.2, 0.25) is 0 Å². The predicted molar refractivity (Wildman–Crippen MR) is 75.3 cm³/mol. The Balaban J connectivity index is 1.83. The molecule has 0 aromatic rings. The van der Waals surface area contributed by atoms with Crippen molar-refractivity contribution in [2.45, 2.75) is 83.7 Å². The summed E-state index contributed by atoms with van der Waals surface area (Å²) in [7, 11) is 0. The minimum absolute atomic E-state index is 0.532. The number of hydrogen-bond donors (Lipinski definition) is 0. The van der Waals surface area contributed by atoms with E-state index in [1.165, 1.54) is 70.6 Å². The molecule has 0 N–H and O–H groups in total. The van der Waals surface area contributed by atoms with Gasteiger partial charge in [0.25, 0.3) is 0 Å². The minimum atomic E-state index is 0.532. The van der Waals surface area contributed by atoms with E-state index < -0.39 is 0 Å². The van der Waals surface area contributed by atoms with Crippen molar-refractivity contribution >= 4 is 0 Å². The molecule has 0 spiro atoms. The SMILES string of the molecule is CCCCCCCCCCC1CCC=CCO1. The fourth-order valence-electron chi connectivity index (χ4n) is 2.48. The van der Waals surface area contributed by atoms with Crippen molar-refractivity contribution in [2.75, 3.05) is 6.61 Å². The van der Waals surface area contributed by atoms with E-state index in [2.05, 4.69) is 19.1 Å². The van der Waals surface area contributed by atoms with E-state index in [9.17, 15) is 0 Å². The Bertz CT molecular complexity index is 176. The third-order valence-electron chi connectivity index (χ3n) is 3.63. The van der Waals surface area contributed by atoms with Crippen LogP contribution >= 0.6 is 0 Å². The van der Waals surface area contributed by atoms with Gasteiger partial charge < -0.3 is 4.74 Å². The lowest BCUT2D eigenvalue weighted by Gasteiger charge is -2.14. The molecule has 1 atom stereocenters. The van der Waals surface area contributed by atoms with E-state index in [0.29, 0.717) is 6.10 Å². The Morgan fingerprint density at radius 2 is 1.65 bits per heavy atom. The lowest BCUT2D eigenvalue weighted by molar-refractivity contribution is 0.0641. The third-order valence-corrected chi connectivity index (χ3v) is 3.63. The molecule has 0 aromatic carbocycles. The van der Waals surface area contributed by atoms with Crippen LogP contribution in [0.15, 0.2) is 12.2 Å². The molecule has 0 saturated carbocycles. The normalized spacial score (nSPS) is 20.4. The Labute approximate surface area is 108 Å². The smallest absolute Gasteiger partial charge is 0.0651 e. The van der Waals surface area contributed by atoms with Gasteiger partial charge in [0, 0.05) is 0 Å². The van der Waals surface area contributed by atoms with Crippen LogP contribution in [-0.4, -0.2) is 12.7 Å². The monoisotopic (exact) mass is 238 g/mol. The maximum atomic E-state index is 5.78. The van der Waals surface area contributed by atoms with E-state index >= 15 is 0 Å². The van der Waals surface area contributed by atoms with Crippen LogP contribution in [-0.2, 0) is 4.74 Å². The summed E-state index contributed by atoms with van der Waals surface area (Å²) in [4.78, 5) is 0. The summed E-state index contributed by atoms with van der Waals surface area (Å²) < 4.78 is 5.78. The van der Waals surface area contributed by atoms with Crippen LogP contribution in [0, 0.1) is 0 Å². The van der Waals surface area contributed by atoms with Crippen LogP contribution in [0.25, 0.3) is 0 Å². The van der Waals surface area contributed by atoms with Crippen LogP contribution < -0.4 is 0 Å². The highest BCUT2D eigenvalue weighted by Gasteiger charge is 2.08. The Morgan fingerprint density at radius 3 is 2.41 bits per heavy atom. The third kappa shape index (κ3) is 8.43. The van der Waals surface area contributed by atoms with Gasteiger partial charge in [0.05, 0.1) is 12.7 Å². The van der Waals surface area contributed by atoms with Crippen molar-refractivity contribution in [3.05, 3.63) is 12.2 Å². The molecule has 1 aliphatic rings. The summed E-state index contributed by atoms with van der Waals surface area (Å²) in [6.45, 7) is 3.11. The van der Waals surface area contributed by atoms with Crippen LogP contribution in [0.4, 0.5) is 0 Å². The molecular formula is C16H30O. The van der Waals surface area contributed by atoms with Gasteiger partial charge in [0.1, 0.15) is 0 Å². The molecule has 0 amide bonds. The molecular weight excluding hydrogens is 208 g/mol. The number of ether oxygens (including phenoxy) is 1. The van der Waals surface area contributed by atoms with E-state index in [1.54, 1.807) is 0 Å². The molecule has 1 rings (SSSR count). The number of rotatable bonds is 9. The van der Waals surface area contributed by atoms with Crippen molar-refractivity contribution in [1.29, 1.82) is 0 Å². The first-order chi connectivity index (χ1) is 8.43. The summed E-state index contributed by atoms with van der Waals surface area (Å²) >= 11 is 0. The first kappa shape index (κ1) is 14.8. The molecule has 100 valence electrons. The van der Waals surface area contributed by atoms with Crippen molar-refractivity contribution in [3.8, 4) is 0 Å². The maximum absolute atomic E-state index is 5.78. The van der Waals surface area contributed by atoms with E-state index in [4.69, 9.17) is 4.74 Å². The predicted octanol–water partition coefficient (Wildman–Crippen LogP) is 5.25. The second-order valence-corrected chi connectivity index (χ2v) is 5.27. The molecule has 0 saturated heterocycles. The van der Waals surface area contributed by atoms with Gasteiger partial charge in [-0.3, -0.25) is 0 Å². The Hall–Kier alpha value is -0.300. The fraction of sp³-hybridized carbons (Fsp3) is 0.875.